The molecule has 3 rings (SSSR count). The van der Waals surface area contributed by atoms with Crippen molar-refractivity contribution in [1.82, 2.24) is 5.32 Å². The van der Waals surface area contributed by atoms with Gasteiger partial charge in [0.05, 0.1) is 0 Å². The summed E-state index contributed by atoms with van der Waals surface area (Å²) in [5, 5.41) is 6.77. The summed E-state index contributed by atoms with van der Waals surface area (Å²) in [4.78, 5) is 1.45. The Bertz CT molecular complexity index is 533. The van der Waals surface area contributed by atoms with E-state index < -0.39 is 0 Å². The van der Waals surface area contributed by atoms with Crippen LogP contribution < -0.4 is 5.32 Å². The van der Waals surface area contributed by atoms with Crippen LogP contribution in [0.15, 0.2) is 41.8 Å². The third-order valence-electron chi connectivity index (χ3n) is 3.74. The summed E-state index contributed by atoms with van der Waals surface area (Å²) in [7, 11) is 0. The minimum Gasteiger partial charge on any atom is -0.302 e. The van der Waals surface area contributed by atoms with Gasteiger partial charge in [0, 0.05) is 22.0 Å². The van der Waals surface area contributed by atoms with Crippen molar-refractivity contribution in [2.45, 2.75) is 31.8 Å². The fraction of sp³-hybridized carbons (Fsp3) is 0.375. The Hall–Kier alpha value is -0.830. The van der Waals surface area contributed by atoms with Gasteiger partial charge in [-0.25, -0.2) is 0 Å². The second-order valence-corrected chi connectivity index (χ2v) is 6.63. The van der Waals surface area contributed by atoms with E-state index in [9.17, 15) is 0 Å². The molecule has 0 bridgehead atoms. The molecule has 0 aliphatic heterocycles. The van der Waals surface area contributed by atoms with Gasteiger partial charge in [0.15, 0.2) is 0 Å². The van der Waals surface area contributed by atoms with E-state index >= 15 is 0 Å². The first-order valence-electron chi connectivity index (χ1n) is 6.79. The molecule has 2 atom stereocenters. The maximum Gasteiger partial charge on any atom is 0.0453 e. The molecule has 100 valence electrons. The molecule has 1 aliphatic carbocycles. The second kappa shape index (κ2) is 5.66. The lowest BCUT2D eigenvalue weighted by Crippen LogP contribution is -2.25. The molecular formula is C16H18ClNS. The van der Waals surface area contributed by atoms with E-state index in [2.05, 4.69) is 41.9 Å². The minimum atomic E-state index is 0.279. The minimum absolute atomic E-state index is 0.279. The lowest BCUT2D eigenvalue weighted by Gasteiger charge is -2.23. The molecule has 1 heterocycles. The van der Waals surface area contributed by atoms with E-state index in [0.29, 0.717) is 6.04 Å². The van der Waals surface area contributed by atoms with Gasteiger partial charge in [0.25, 0.3) is 0 Å². The first-order chi connectivity index (χ1) is 9.25. The van der Waals surface area contributed by atoms with Crippen LogP contribution in [0.4, 0.5) is 0 Å². The molecule has 2 unspecified atom stereocenters. The Morgan fingerprint density at radius 3 is 2.63 bits per heavy atom. The fourth-order valence-corrected chi connectivity index (χ4v) is 3.71. The van der Waals surface area contributed by atoms with Gasteiger partial charge in [-0.05, 0) is 48.8 Å². The van der Waals surface area contributed by atoms with Crippen LogP contribution in [0.25, 0.3) is 0 Å². The Balaban J connectivity index is 1.77. The maximum atomic E-state index is 6.29. The Morgan fingerprint density at radius 2 is 2.00 bits per heavy atom. The average molecular weight is 292 g/mol. The lowest BCUT2D eigenvalue weighted by molar-refractivity contribution is 0.433. The standard InChI is InChI=1S/C16H18ClNS/c1-11(13-5-2-3-6-14(13)17)18-16(12-8-9-12)15-7-4-10-19-15/h2-7,10-12,16,18H,8-9H2,1H3. The second-order valence-electron chi connectivity index (χ2n) is 5.24. The van der Waals surface area contributed by atoms with Gasteiger partial charge in [0.1, 0.15) is 0 Å². The van der Waals surface area contributed by atoms with Gasteiger partial charge >= 0.3 is 0 Å². The van der Waals surface area contributed by atoms with Gasteiger partial charge in [0.2, 0.25) is 0 Å². The van der Waals surface area contributed by atoms with Crippen molar-refractivity contribution in [2.75, 3.05) is 0 Å². The topological polar surface area (TPSA) is 12.0 Å². The molecule has 0 saturated heterocycles. The molecule has 0 radical (unpaired) electrons. The van der Waals surface area contributed by atoms with Crippen molar-refractivity contribution in [3.8, 4) is 0 Å². The molecule has 1 aromatic carbocycles. The normalized spacial score (nSPS) is 18.2. The molecule has 1 N–H and O–H groups in total. The van der Waals surface area contributed by atoms with Gasteiger partial charge < -0.3 is 5.32 Å². The predicted molar refractivity (Wildman–Crippen MR) is 82.8 cm³/mol. The van der Waals surface area contributed by atoms with Crippen LogP contribution >= 0.6 is 22.9 Å². The van der Waals surface area contributed by atoms with E-state index in [1.807, 2.05) is 23.5 Å². The van der Waals surface area contributed by atoms with Crippen molar-refractivity contribution in [3.05, 3.63) is 57.2 Å². The van der Waals surface area contributed by atoms with E-state index in [-0.39, 0.29) is 6.04 Å². The van der Waals surface area contributed by atoms with Crippen LogP contribution in [0.3, 0.4) is 0 Å². The summed E-state index contributed by atoms with van der Waals surface area (Å²) in [6.07, 6.45) is 2.68. The summed E-state index contributed by atoms with van der Waals surface area (Å²) in [6.45, 7) is 2.20. The monoisotopic (exact) mass is 291 g/mol. The summed E-state index contributed by atoms with van der Waals surface area (Å²) < 4.78 is 0. The fourth-order valence-electron chi connectivity index (χ4n) is 2.53. The van der Waals surface area contributed by atoms with Gasteiger partial charge in [-0.1, -0.05) is 35.9 Å². The van der Waals surface area contributed by atoms with Crippen molar-refractivity contribution in [2.24, 2.45) is 5.92 Å². The number of rotatable bonds is 5. The number of hydrogen-bond donors (Lipinski definition) is 1. The van der Waals surface area contributed by atoms with E-state index in [1.165, 1.54) is 23.3 Å². The third kappa shape index (κ3) is 3.02. The molecule has 1 nitrogen and oxygen atoms in total. The number of halogens is 1. The SMILES string of the molecule is CC(NC(c1cccs1)C1CC1)c1ccccc1Cl. The highest BCUT2D eigenvalue weighted by molar-refractivity contribution is 7.10. The van der Waals surface area contributed by atoms with Gasteiger partial charge in [-0.15, -0.1) is 11.3 Å². The van der Waals surface area contributed by atoms with E-state index in [1.54, 1.807) is 0 Å². The van der Waals surface area contributed by atoms with Crippen molar-refractivity contribution in [1.29, 1.82) is 0 Å². The number of thiophene rings is 1. The van der Waals surface area contributed by atoms with Crippen LogP contribution in [0.2, 0.25) is 5.02 Å². The van der Waals surface area contributed by atoms with Crippen molar-refractivity contribution < 1.29 is 0 Å². The molecule has 0 amide bonds. The third-order valence-corrected chi connectivity index (χ3v) is 5.04. The Morgan fingerprint density at radius 1 is 1.21 bits per heavy atom. The summed E-state index contributed by atoms with van der Waals surface area (Å²) >= 11 is 8.13. The Kier molecular flexibility index (Phi) is 3.92. The molecular weight excluding hydrogens is 274 g/mol. The molecule has 19 heavy (non-hydrogen) atoms. The molecule has 2 aromatic rings. The first-order valence-corrected chi connectivity index (χ1v) is 8.05. The summed E-state index contributed by atoms with van der Waals surface area (Å²) in [5.74, 6) is 0.795. The highest BCUT2D eigenvalue weighted by Crippen LogP contribution is 2.43. The largest absolute Gasteiger partial charge is 0.302 e. The van der Waals surface area contributed by atoms with Gasteiger partial charge in [-0.3, -0.25) is 0 Å². The maximum absolute atomic E-state index is 6.29. The van der Waals surface area contributed by atoms with Crippen LogP contribution in [-0.2, 0) is 0 Å². The zero-order chi connectivity index (χ0) is 13.2. The van der Waals surface area contributed by atoms with Crippen LogP contribution in [0.5, 0.6) is 0 Å². The lowest BCUT2D eigenvalue weighted by atomic mass is 10.0. The number of benzene rings is 1. The smallest absolute Gasteiger partial charge is 0.0453 e. The molecule has 1 aliphatic rings. The average Bonchev–Trinajstić information content (AvgIpc) is 3.11. The quantitative estimate of drug-likeness (QED) is 0.798. The zero-order valence-corrected chi connectivity index (χ0v) is 12.5. The molecule has 1 saturated carbocycles. The first kappa shape index (κ1) is 13.2. The van der Waals surface area contributed by atoms with Crippen LogP contribution in [0, 0.1) is 5.92 Å². The Labute approximate surface area is 123 Å². The van der Waals surface area contributed by atoms with Gasteiger partial charge in [-0.2, -0.15) is 0 Å². The number of nitrogens with one attached hydrogen (secondary N) is 1. The molecule has 1 fully saturated rings. The van der Waals surface area contributed by atoms with Crippen LogP contribution in [0.1, 0.15) is 42.3 Å². The zero-order valence-electron chi connectivity index (χ0n) is 11.0. The van der Waals surface area contributed by atoms with E-state index in [4.69, 9.17) is 11.6 Å². The molecule has 0 spiro atoms. The summed E-state index contributed by atoms with van der Waals surface area (Å²) in [6, 6.07) is 13.2. The van der Waals surface area contributed by atoms with Crippen molar-refractivity contribution >= 4 is 22.9 Å². The summed E-state index contributed by atoms with van der Waals surface area (Å²) in [5.41, 5.74) is 1.19. The van der Waals surface area contributed by atoms with Crippen LogP contribution in [-0.4, -0.2) is 0 Å². The van der Waals surface area contributed by atoms with E-state index in [0.717, 1.165) is 10.9 Å². The highest BCUT2D eigenvalue weighted by atomic mass is 35.5. The number of hydrogen-bond acceptors (Lipinski definition) is 2. The predicted octanol–water partition coefficient (Wildman–Crippen LogP) is 5.20. The molecule has 3 heteroatoms. The molecule has 1 aromatic heterocycles. The van der Waals surface area contributed by atoms with Crippen molar-refractivity contribution in [3.63, 3.8) is 0 Å². The highest BCUT2D eigenvalue weighted by Gasteiger charge is 2.33.